The summed E-state index contributed by atoms with van der Waals surface area (Å²) >= 11 is 6.11. The molecule has 0 spiro atoms. The first-order valence-corrected chi connectivity index (χ1v) is 8.71. The van der Waals surface area contributed by atoms with E-state index in [1.54, 1.807) is 5.32 Å². The molecule has 0 saturated carbocycles. The fraction of sp³-hybridized carbons (Fsp3) is 0.471. The molecule has 0 fully saturated rings. The number of anilines is 1. The number of carbonyl (C=O) groups is 3. The summed E-state index contributed by atoms with van der Waals surface area (Å²) in [6, 6.07) is 3.15. The van der Waals surface area contributed by atoms with E-state index in [-0.39, 0.29) is 23.0 Å². The fourth-order valence-corrected chi connectivity index (χ4v) is 2.12. The number of hydrogen-bond acceptors (Lipinski definition) is 4. The third-order valence-electron chi connectivity index (χ3n) is 3.70. The van der Waals surface area contributed by atoms with Crippen LogP contribution in [0.5, 0.6) is 0 Å². The van der Waals surface area contributed by atoms with Gasteiger partial charge in [-0.3, -0.25) is 14.9 Å². The van der Waals surface area contributed by atoms with Crippen molar-refractivity contribution in [3.8, 4) is 0 Å². The van der Waals surface area contributed by atoms with Gasteiger partial charge in [0.1, 0.15) is 6.54 Å². The Bertz CT molecular complexity index is 739. The molecule has 0 aliphatic carbocycles. The van der Waals surface area contributed by atoms with Gasteiger partial charge < -0.3 is 16.0 Å². The molecule has 0 aliphatic heterocycles. The summed E-state index contributed by atoms with van der Waals surface area (Å²) in [6.45, 7) is 3.75. The highest BCUT2D eigenvalue weighted by atomic mass is 35.5. The molecule has 156 valence electrons. The number of nitrogens with one attached hydrogen (secondary N) is 4. The van der Waals surface area contributed by atoms with Crippen LogP contribution in [0.4, 0.5) is 23.7 Å². The molecule has 1 aromatic rings. The zero-order valence-corrected chi connectivity index (χ0v) is 16.3. The Hall–Kier alpha value is -2.49. The number of hydrogen-bond donors (Lipinski definition) is 4. The largest absolute Gasteiger partial charge is 0.405 e. The van der Waals surface area contributed by atoms with Crippen LogP contribution in [0, 0.1) is 0 Å². The lowest BCUT2D eigenvalue weighted by Crippen LogP contribution is -2.45. The quantitative estimate of drug-likeness (QED) is 0.542. The van der Waals surface area contributed by atoms with Gasteiger partial charge in [-0.2, -0.15) is 13.2 Å². The Labute approximate surface area is 165 Å². The Morgan fingerprint density at radius 3 is 2.32 bits per heavy atom. The third-order valence-corrected chi connectivity index (χ3v) is 4.02. The second-order valence-corrected chi connectivity index (χ2v) is 6.99. The summed E-state index contributed by atoms with van der Waals surface area (Å²) in [5.41, 5.74) is 0.245. The minimum absolute atomic E-state index is 0.151. The lowest BCUT2D eigenvalue weighted by atomic mass is 10.0. The van der Waals surface area contributed by atoms with Crippen molar-refractivity contribution in [2.24, 2.45) is 0 Å². The van der Waals surface area contributed by atoms with E-state index < -0.39 is 30.2 Å². The summed E-state index contributed by atoms with van der Waals surface area (Å²) in [4.78, 5) is 35.0. The van der Waals surface area contributed by atoms with E-state index in [1.165, 1.54) is 23.5 Å². The highest BCUT2D eigenvalue weighted by Gasteiger charge is 2.28. The van der Waals surface area contributed by atoms with Crippen LogP contribution in [0.3, 0.4) is 0 Å². The molecule has 0 unspecified atom stereocenters. The lowest BCUT2D eigenvalue weighted by molar-refractivity contribution is -0.124. The Balaban J connectivity index is 2.58. The van der Waals surface area contributed by atoms with Gasteiger partial charge in [0, 0.05) is 11.2 Å². The normalized spacial score (nSPS) is 11.5. The maximum atomic E-state index is 12.3. The molecule has 0 bridgehead atoms. The van der Waals surface area contributed by atoms with Gasteiger partial charge in [-0.1, -0.05) is 18.5 Å². The highest BCUT2D eigenvalue weighted by Crippen LogP contribution is 2.22. The van der Waals surface area contributed by atoms with E-state index in [4.69, 9.17) is 11.6 Å². The highest BCUT2D eigenvalue weighted by molar-refractivity contribution is 6.34. The first-order valence-electron chi connectivity index (χ1n) is 8.33. The molecular formula is C17H22ClF3N4O3. The summed E-state index contributed by atoms with van der Waals surface area (Å²) < 4.78 is 35.9. The first-order chi connectivity index (χ1) is 12.8. The molecule has 0 aromatic heterocycles. The first kappa shape index (κ1) is 23.5. The van der Waals surface area contributed by atoms with E-state index in [9.17, 15) is 27.6 Å². The van der Waals surface area contributed by atoms with Crippen LogP contribution in [0.2, 0.25) is 5.02 Å². The molecule has 7 nitrogen and oxygen atoms in total. The van der Waals surface area contributed by atoms with Gasteiger partial charge in [0.15, 0.2) is 0 Å². The van der Waals surface area contributed by atoms with Crippen LogP contribution in [0.15, 0.2) is 18.2 Å². The van der Waals surface area contributed by atoms with Gasteiger partial charge in [0.2, 0.25) is 5.91 Å². The minimum Gasteiger partial charge on any atom is -0.376 e. The van der Waals surface area contributed by atoms with Crippen molar-refractivity contribution in [3.05, 3.63) is 28.8 Å². The number of imide groups is 1. The maximum Gasteiger partial charge on any atom is 0.405 e. The SMILES string of the molecule is CCC(C)(C)NC(=O)c1ccc(NCC(=O)NC(=O)NCC(F)(F)F)cc1Cl. The summed E-state index contributed by atoms with van der Waals surface area (Å²) in [5, 5.41) is 8.92. The molecule has 0 aliphatic rings. The van der Waals surface area contributed by atoms with Gasteiger partial charge in [0.25, 0.3) is 5.91 Å². The van der Waals surface area contributed by atoms with Crippen LogP contribution in [0.1, 0.15) is 37.6 Å². The minimum atomic E-state index is -4.57. The number of urea groups is 1. The number of benzene rings is 1. The van der Waals surface area contributed by atoms with E-state index in [0.717, 1.165) is 6.42 Å². The molecule has 1 aromatic carbocycles. The van der Waals surface area contributed by atoms with Crippen molar-refractivity contribution in [2.45, 2.75) is 38.9 Å². The molecule has 28 heavy (non-hydrogen) atoms. The van der Waals surface area contributed by atoms with Crippen molar-refractivity contribution in [1.29, 1.82) is 0 Å². The molecule has 11 heteroatoms. The summed E-state index contributed by atoms with van der Waals surface area (Å²) in [6.07, 6.45) is -3.85. The van der Waals surface area contributed by atoms with Crippen LogP contribution in [-0.4, -0.2) is 42.7 Å². The molecular weight excluding hydrogens is 401 g/mol. The van der Waals surface area contributed by atoms with E-state index in [2.05, 4.69) is 10.6 Å². The lowest BCUT2D eigenvalue weighted by Gasteiger charge is -2.24. The number of rotatable bonds is 7. The number of amides is 4. The van der Waals surface area contributed by atoms with Crippen LogP contribution < -0.4 is 21.3 Å². The van der Waals surface area contributed by atoms with Crippen molar-refractivity contribution in [2.75, 3.05) is 18.4 Å². The van der Waals surface area contributed by atoms with Crippen molar-refractivity contribution >= 4 is 35.1 Å². The topological polar surface area (TPSA) is 99.3 Å². The third kappa shape index (κ3) is 8.47. The number of halogens is 4. The fourth-order valence-electron chi connectivity index (χ4n) is 1.85. The van der Waals surface area contributed by atoms with E-state index in [1.807, 2.05) is 20.8 Å². The van der Waals surface area contributed by atoms with Gasteiger partial charge >= 0.3 is 12.2 Å². The van der Waals surface area contributed by atoms with Crippen LogP contribution in [0.25, 0.3) is 0 Å². The number of carbonyl (C=O) groups excluding carboxylic acids is 3. The molecule has 0 heterocycles. The molecule has 0 atom stereocenters. The molecule has 0 saturated heterocycles. The predicted octanol–water partition coefficient (Wildman–Crippen LogP) is 3.06. The van der Waals surface area contributed by atoms with E-state index >= 15 is 0 Å². The van der Waals surface area contributed by atoms with E-state index in [0.29, 0.717) is 5.69 Å². The average molecular weight is 423 g/mol. The van der Waals surface area contributed by atoms with Crippen molar-refractivity contribution < 1.29 is 27.6 Å². The Kier molecular flexibility index (Phi) is 8.10. The monoisotopic (exact) mass is 422 g/mol. The summed E-state index contributed by atoms with van der Waals surface area (Å²) in [7, 11) is 0. The van der Waals surface area contributed by atoms with Crippen LogP contribution in [-0.2, 0) is 4.79 Å². The van der Waals surface area contributed by atoms with Crippen molar-refractivity contribution in [1.82, 2.24) is 16.0 Å². The standard InChI is InChI=1S/C17H22ClF3N4O3/c1-4-16(2,3)25-14(27)11-6-5-10(7-12(11)18)22-8-13(26)24-15(28)23-9-17(19,20)21/h5-7,22H,4,8-9H2,1-3H3,(H,25,27)(H2,23,24,26,28). The molecule has 1 rings (SSSR count). The zero-order valence-electron chi connectivity index (χ0n) is 15.6. The predicted molar refractivity (Wildman–Crippen MR) is 99.4 cm³/mol. The van der Waals surface area contributed by atoms with Gasteiger partial charge in [-0.05, 0) is 38.5 Å². The number of alkyl halides is 3. The second kappa shape index (κ2) is 9.63. The van der Waals surface area contributed by atoms with Crippen molar-refractivity contribution in [3.63, 3.8) is 0 Å². The Morgan fingerprint density at radius 2 is 1.79 bits per heavy atom. The Morgan fingerprint density at radius 1 is 1.14 bits per heavy atom. The molecule has 0 radical (unpaired) electrons. The molecule has 4 N–H and O–H groups in total. The smallest absolute Gasteiger partial charge is 0.376 e. The molecule has 4 amide bonds. The average Bonchev–Trinajstić information content (AvgIpc) is 2.57. The summed E-state index contributed by atoms with van der Waals surface area (Å²) in [5.74, 6) is -1.19. The van der Waals surface area contributed by atoms with Gasteiger partial charge in [-0.15, -0.1) is 0 Å². The second-order valence-electron chi connectivity index (χ2n) is 6.59. The maximum absolute atomic E-state index is 12.3. The van der Waals surface area contributed by atoms with Gasteiger partial charge in [0.05, 0.1) is 17.1 Å². The van der Waals surface area contributed by atoms with Crippen LogP contribution >= 0.6 is 11.6 Å². The van der Waals surface area contributed by atoms with Gasteiger partial charge in [-0.25, -0.2) is 4.79 Å². The zero-order chi connectivity index (χ0) is 21.5.